The molecule has 0 heterocycles. The zero-order chi connectivity index (χ0) is 4.83. The average Bonchev–Trinajstić information content (AvgIpc) is 1.61. The van der Waals surface area contributed by atoms with E-state index in [1.807, 2.05) is 5.40 Å². The Hall–Kier alpha value is 0.0169. The van der Waals surface area contributed by atoms with E-state index in [2.05, 4.69) is 4.43 Å². The summed E-state index contributed by atoms with van der Waals surface area (Å²) < 4.78 is 4.66. The second kappa shape index (κ2) is 5.02. The van der Waals surface area contributed by atoms with Gasteiger partial charge in [0.05, 0.1) is 5.94 Å². The van der Waals surface area contributed by atoms with E-state index in [4.69, 9.17) is 5.26 Å². The molecule has 0 fully saturated rings. The van der Waals surface area contributed by atoms with Crippen LogP contribution in [0.25, 0.3) is 0 Å². The molecule has 0 N–H and O–H groups in total. The fourth-order valence-corrected chi connectivity index (χ4v) is 0.609. The molecule has 0 rings (SSSR count). The highest BCUT2D eigenvalue weighted by molar-refractivity contribution is 8.03. The molecular weight excluding hydrogens is 114 g/mol. The molecule has 0 unspecified atom stereocenters. The largest absolute Gasteiger partial charge is 0.418 e. The van der Waals surface area contributed by atoms with Crippen LogP contribution in [0.15, 0.2) is 0 Å². The summed E-state index contributed by atoms with van der Waals surface area (Å²) in [4.78, 5) is 0. The fourth-order valence-electron chi connectivity index (χ4n) is 0.0853. The van der Waals surface area contributed by atoms with Gasteiger partial charge in [-0.3, -0.25) is 0 Å². The zero-order valence-electron chi connectivity index (χ0n) is 3.47. The van der Waals surface area contributed by atoms with Gasteiger partial charge in [-0.1, -0.05) is 0 Å². The molecule has 0 aromatic heterocycles. The summed E-state index contributed by atoms with van der Waals surface area (Å²) in [7, 11) is 0.731. The van der Waals surface area contributed by atoms with Gasteiger partial charge in [-0.2, -0.15) is 5.26 Å². The van der Waals surface area contributed by atoms with Gasteiger partial charge in [-0.15, -0.1) is 0 Å². The van der Waals surface area contributed by atoms with E-state index < -0.39 is 0 Å². The molecule has 0 saturated heterocycles. The Balaban J connectivity index is 2.54. The van der Waals surface area contributed by atoms with E-state index in [0.29, 0.717) is 5.94 Å². The Morgan fingerprint density at radius 1 is 2.00 bits per heavy atom. The maximum atomic E-state index is 7.85. The third kappa shape index (κ3) is 4.02. The minimum absolute atomic E-state index is 0.530. The van der Waals surface area contributed by atoms with Crippen LogP contribution in [0.4, 0.5) is 0 Å². The molecule has 0 saturated carbocycles. The maximum absolute atomic E-state index is 7.85. The smallest absolute Gasteiger partial charge is 0.147 e. The van der Waals surface area contributed by atoms with Crippen molar-refractivity contribution in [3.63, 3.8) is 0 Å². The lowest BCUT2D eigenvalue weighted by Crippen LogP contribution is -1.77. The fraction of sp³-hybridized carbons (Fsp3) is 0.500. The average molecular weight is 119 g/mol. The predicted molar refractivity (Wildman–Crippen MR) is 29.1 cm³/mol. The molecule has 0 amide bonds. The van der Waals surface area contributed by atoms with Crippen LogP contribution in [0.1, 0.15) is 0 Å². The first-order chi connectivity index (χ1) is 2.91. The number of hydrogen-bond donors (Lipinski definition) is 0. The third-order valence-electron chi connectivity index (χ3n) is 0.241. The summed E-state index contributed by atoms with van der Waals surface area (Å²) in [6, 6.07) is 0. The van der Waals surface area contributed by atoms with E-state index >= 15 is 0 Å². The Bertz CT molecular complexity index is 61.1. The van der Waals surface area contributed by atoms with E-state index in [0.717, 1.165) is 22.2 Å². The van der Waals surface area contributed by atoms with Crippen molar-refractivity contribution in [2.24, 2.45) is 0 Å². The van der Waals surface area contributed by atoms with Gasteiger partial charge in [0.2, 0.25) is 0 Å². The van der Waals surface area contributed by atoms with Gasteiger partial charge in [-0.05, 0) is 11.8 Å². The Morgan fingerprint density at radius 2 is 2.67 bits per heavy atom. The molecule has 0 aromatic carbocycles. The van der Waals surface area contributed by atoms with Crippen molar-refractivity contribution in [3.05, 3.63) is 0 Å². The van der Waals surface area contributed by atoms with Crippen molar-refractivity contribution < 1.29 is 4.43 Å². The second-order valence-corrected chi connectivity index (χ2v) is 1.93. The normalized spacial score (nSPS) is 7.83. The Morgan fingerprint density at radius 3 is 2.83 bits per heavy atom. The van der Waals surface area contributed by atoms with Crippen molar-refractivity contribution in [2.45, 2.75) is 0 Å². The first-order valence-electron chi connectivity index (χ1n) is 1.41. The first-order valence-corrected chi connectivity index (χ1v) is 3.22. The van der Waals surface area contributed by atoms with Gasteiger partial charge in [0, 0.05) is 0 Å². The number of hydrogen-bond acceptors (Lipinski definition) is 3. The van der Waals surface area contributed by atoms with E-state index in [-0.39, 0.29) is 0 Å². The molecule has 6 heavy (non-hydrogen) atoms. The van der Waals surface area contributed by atoms with Crippen molar-refractivity contribution in [3.8, 4) is 5.40 Å². The first kappa shape index (κ1) is 6.02. The zero-order valence-corrected chi connectivity index (χ0v) is 6.29. The predicted octanol–water partition coefficient (Wildman–Crippen LogP) is -0.545. The molecule has 0 atom stereocenters. The highest BCUT2D eigenvalue weighted by Crippen LogP contribution is 1.91. The van der Waals surface area contributed by atoms with Gasteiger partial charge in [0.15, 0.2) is 0 Å². The molecule has 0 radical (unpaired) electrons. The van der Waals surface area contributed by atoms with Crippen LogP contribution in [0.5, 0.6) is 0 Å². The lowest BCUT2D eigenvalue weighted by Gasteiger charge is -1.82. The number of nitrogens with zero attached hydrogens (tertiary/aromatic N) is 1. The van der Waals surface area contributed by atoms with Gasteiger partial charge in [-0.25, -0.2) is 0 Å². The molecule has 0 aliphatic carbocycles. The van der Waals surface area contributed by atoms with Crippen LogP contribution in [0.2, 0.25) is 0 Å². The lowest BCUT2D eigenvalue weighted by atomic mass is 11.7. The van der Waals surface area contributed by atoms with Crippen molar-refractivity contribution in [1.82, 2.24) is 0 Å². The maximum Gasteiger partial charge on any atom is 0.147 e. The van der Waals surface area contributed by atoms with Gasteiger partial charge in [0.25, 0.3) is 0 Å². The standard InChI is InChI=1S/C2H5NOSSi/c3-1-5-2-4-6/h2H2,6H3. The van der Waals surface area contributed by atoms with Gasteiger partial charge >= 0.3 is 0 Å². The topological polar surface area (TPSA) is 33.0 Å². The van der Waals surface area contributed by atoms with Gasteiger partial charge < -0.3 is 4.43 Å². The van der Waals surface area contributed by atoms with E-state index in [1.165, 1.54) is 0 Å². The van der Waals surface area contributed by atoms with E-state index in [1.54, 1.807) is 0 Å². The van der Waals surface area contributed by atoms with E-state index in [9.17, 15) is 0 Å². The molecular formula is C2H5NOSSi. The highest BCUT2D eigenvalue weighted by Gasteiger charge is 1.73. The van der Waals surface area contributed by atoms with Crippen LogP contribution >= 0.6 is 11.8 Å². The molecule has 4 heteroatoms. The SMILES string of the molecule is N#CSCO[SiH3]. The number of nitriles is 1. The number of rotatable bonds is 2. The van der Waals surface area contributed by atoms with Crippen LogP contribution < -0.4 is 0 Å². The molecule has 2 nitrogen and oxygen atoms in total. The van der Waals surface area contributed by atoms with Crippen LogP contribution in [0.3, 0.4) is 0 Å². The molecule has 0 aliphatic heterocycles. The summed E-state index contributed by atoms with van der Waals surface area (Å²) >= 11 is 1.13. The molecule has 0 aromatic rings. The molecule has 0 spiro atoms. The summed E-state index contributed by atoms with van der Waals surface area (Å²) in [5.74, 6) is 0.530. The summed E-state index contributed by atoms with van der Waals surface area (Å²) in [5.41, 5.74) is 0. The van der Waals surface area contributed by atoms with Crippen molar-refractivity contribution in [1.29, 1.82) is 5.26 Å². The summed E-state index contributed by atoms with van der Waals surface area (Å²) in [5, 5.41) is 9.73. The van der Waals surface area contributed by atoms with Crippen LogP contribution in [-0.2, 0) is 4.43 Å². The summed E-state index contributed by atoms with van der Waals surface area (Å²) in [6.07, 6.45) is 0. The van der Waals surface area contributed by atoms with Crippen molar-refractivity contribution in [2.75, 3.05) is 5.94 Å². The summed E-state index contributed by atoms with van der Waals surface area (Å²) in [6.45, 7) is 0. The van der Waals surface area contributed by atoms with Gasteiger partial charge in [0.1, 0.15) is 15.9 Å². The van der Waals surface area contributed by atoms with Crippen LogP contribution in [-0.4, -0.2) is 16.4 Å². The Labute approximate surface area is 44.0 Å². The monoisotopic (exact) mass is 119 g/mol. The molecule has 0 bridgehead atoms. The van der Waals surface area contributed by atoms with Crippen LogP contribution in [0, 0.1) is 10.7 Å². The molecule has 34 valence electrons. The van der Waals surface area contributed by atoms with Crippen molar-refractivity contribution >= 4 is 22.2 Å². The lowest BCUT2D eigenvalue weighted by molar-refractivity contribution is 0.436. The minimum atomic E-state index is 0.530. The Kier molecular flexibility index (Phi) is 5.03. The number of thiocyanates is 1. The minimum Gasteiger partial charge on any atom is -0.418 e. The highest BCUT2D eigenvalue weighted by atomic mass is 32.2. The second-order valence-electron chi connectivity index (χ2n) is 0.642. The number of thioether (sulfide) groups is 1. The third-order valence-corrected chi connectivity index (χ3v) is 1.43. The quantitative estimate of drug-likeness (QED) is 0.212. The molecule has 0 aliphatic rings.